The van der Waals surface area contributed by atoms with Crippen LogP contribution in [-0.2, 0) is 14.4 Å². The van der Waals surface area contributed by atoms with E-state index in [-0.39, 0.29) is 17.1 Å². The van der Waals surface area contributed by atoms with Crippen LogP contribution in [0.2, 0.25) is 0 Å². The van der Waals surface area contributed by atoms with Crippen LogP contribution in [0.4, 0.5) is 10.5 Å². The van der Waals surface area contributed by atoms with Gasteiger partial charge in [0, 0.05) is 0 Å². The SMILES string of the molecule is CC[C@@H](C)c1ccc(N2C(=O)NC(=O)/C(=C/c3ccc(OCC(=O)[O-])c(OC)c3)C2=O)cc1. The molecule has 1 atom stereocenters. The number of hydrogen-bond donors (Lipinski definition) is 1. The van der Waals surface area contributed by atoms with Crippen molar-refractivity contribution in [1.29, 1.82) is 0 Å². The molecule has 3 rings (SSSR count). The second kappa shape index (κ2) is 9.99. The fourth-order valence-electron chi connectivity index (χ4n) is 3.28. The van der Waals surface area contributed by atoms with Gasteiger partial charge in [-0.1, -0.05) is 32.0 Å². The van der Waals surface area contributed by atoms with Gasteiger partial charge in [-0.15, -0.1) is 0 Å². The molecule has 0 radical (unpaired) electrons. The molecule has 0 aromatic heterocycles. The molecule has 2 aromatic carbocycles. The molecular weight excluding hydrogens is 428 g/mol. The van der Waals surface area contributed by atoms with Crippen LogP contribution in [-0.4, -0.2) is 37.5 Å². The first-order valence-electron chi connectivity index (χ1n) is 10.3. The first-order chi connectivity index (χ1) is 15.7. The van der Waals surface area contributed by atoms with Crippen molar-refractivity contribution in [2.24, 2.45) is 0 Å². The largest absolute Gasteiger partial charge is 0.546 e. The monoisotopic (exact) mass is 451 g/mol. The van der Waals surface area contributed by atoms with Crippen molar-refractivity contribution in [3.05, 3.63) is 59.2 Å². The highest BCUT2D eigenvalue weighted by Crippen LogP contribution is 2.30. The number of ether oxygens (including phenoxy) is 2. The number of carboxylic acids is 1. The van der Waals surface area contributed by atoms with Crippen molar-refractivity contribution in [3.8, 4) is 11.5 Å². The van der Waals surface area contributed by atoms with Gasteiger partial charge in [-0.3, -0.25) is 14.9 Å². The molecule has 0 saturated carbocycles. The Labute approximate surface area is 190 Å². The molecular formula is C24H23N2O7-. The van der Waals surface area contributed by atoms with Crippen LogP contribution in [0.1, 0.15) is 37.3 Å². The second-order valence-electron chi connectivity index (χ2n) is 7.43. The number of benzene rings is 2. The third kappa shape index (κ3) is 5.20. The number of carbonyl (C=O) groups excluding carboxylic acids is 4. The lowest BCUT2D eigenvalue weighted by Crippen LogP contribution is -2.54. The van der Waals surface area contributed by atoms with E-state index in [4.69, 9.17) is 9.47 Å². The number of nitrogens with zero attached hydrogens (tertiary/aromatic N) is 1. The summed E-state index contributed by atoms with van der Waals surface area (Å²) in [5, 5.41) is 12.8. The van der Waals surface area contributed by atoms with Gasteiger partial charge in [-0.2, -0.15) is 0 Å². The van der Waals surface area contributed by atoms with Crippen molar-refractivity contribution in [2.45, 2.75) is 26.2 Å². The minimum Gasteiger partial charge on any atom is -0.546 e. The molecule has 172 valence electrons. The summed E-state index contributed by atoms with van der Waals surface area (Å²) in [7, 11) is 1.36. The van der Waals surface area contributed by atoms with Crippen LogP contribution in [0, 0.1) is 0 Å². The first-order valence-corrected chi connectivity index (χ1v) is 10.3. The van der Waals surface area contributed by atoms with Crippen LogP contribution in [0.5, 0.6) is 11.5 Å². The van der Waals surface area contributed by atoms with Crippen molar-refractivity contribution in [1.82, 2.24) is 5.32 Å². The number of anilines is 1. The summed E-state index contributed by atoms with van der Waals surface area (Å²) < 4.78 is 10.3. The van der Waals surface area contributed by atoms with E-state index in [2.05, 4.69) is 19.2 Å². The van der Waals surface area contributed by atoms with E-state index in [9.17, 15) is 24.3 Å². The van der Waals surface area contributed by atoms with E-state index >= 15 is 0 Å². The predicted molar refractivity (Wildman–Crippen MR) is 118 cm³/mol. The molecule has 1 heterocycles. The smallest absolute Gasteiger partial charge is 0.335 e. The summed E-state index contributed by atoms with van der Waals surface area (Å²) in [4.78, 5) is 49.4. The third-order valence-electron chi connectivity index (χ3n) is 5.28. The van der Waals surface area contributed by atoms with Gasteiger partial charge in [0.15, 0.2) is 11.5 Å². The van der Waals surface area contributed by atoms with E-state index in [0.29, 0.717) is 17.2 Å². The zero-order chi connectivity index (χ0) is 24.1. The maximum atomic E-state index is 13.1. The molecule has 9 heteroatoms. The molecule has 1 saturated heterocycles. The van der Waals surface area contributed by atoms with Crippen LogP contribution >= 0.6 is 0 Å². The normalized spacial score (nSPS) is 15.9. The Kier molecular flexibility index (Phi) is 7.12. The van der Waals surface area contributed by atoms with E-state index in [1.54, 1.807) is 12.1 Å². The number of rotatable bonds is 8. The summed E-state index contributed by atoms with van der Waals surface area (Å²) in [5.74, 6) is -2.31. The van der Waals surface area contributed by atoms with Gasteiger partial charge in [0.05, 0.1) is 18.8 Å². The van der Waals surface area contributed by atoms with Crippen LogP contribution in [0.15, 0.2) is 48.0 Å². The van der Waals surface area contributed by atoms with Crippen molar-refractivity contribution in [2.75, 3.05) is 18.6 Å². The number of carboxylic acid groups (broad SMARTS) is 1. The number of carbonyl (C=O) groups is 4. The fourth-order valence-corrected chi connectivity index (χ4v) is 3.28. The molecule has 33 heavy (non-hydrogen) atoms. The number of aliphatic carboxylic acids is 1. The van der Waals surface area contributed by atoms with Gasteiger partial charge < -0.3 is 19.4 Å². The third-order valence-corrected chi connectivity index (χ3v) is 5.28. The highest BCUT2D eigenvalue weighted by atomic mass is 16.5. The standard InChI is InChI=1S/C24H24N2O7/c1-4-14(2)16-6-8-17(9-7-16)26-23(30)18(22(29)25-24(26)31)11-15-5-10-19(20(12-15)32-3)33-13-21(27)28/h5-12,14H,4,13H2,1-3H3,(H,27,28)(H,25,29,31)/p-1/b18-11-/t14-/m1/s1. The van der Waals surface area contributed by atoms with Gasteiger partial charge in [-0.05, 0) is 53.8 Å². The Morgan fingerprint density at radius 1 is 1.12 bits per heavy atom. The summed E-state index contributed by atoms with van der Waals surface area (Å²) >= 11 is 0. The average molecular weight is 451 g/mol. The van der Waals surface area contributed by atoms with Gasteiger partial charge in [0.1, 0.15) is 12.2 Å². The molecule has 2 aromatic rings. The lowest BCUT2D eigenvalue weighted by atomic mass is 9.98. The van der Waals surface area contributed by atoms with Gasteiger partial charge in [-0.25, -0.2) is 9.69 Å². The molecule has 4 amide bonds. The molecule has 1 aliphatic heterocycles. The lowest BCUT2D eigenvalue weighted by Gasteiger charge is -2.26. The predicted octanol–water partition coefficient (Wildman–Crippen LogP) is 2.00. The Morgan fingerprint density at radius 3 is 2.42 bits per heavy atom. The number of methoxy groups -OCH3 is 1. The molecule has 9 nitrogen and oxygen atoms in total. The topological polar surface area (TPSA) is 125 Å². The molecule has 1 fully saturated rings. The summed E-state index contributed by atoms with van der Waals surface area (Å²) in [6.45, 7) is 3.49. The highest BCUT2D eigenvalue weighted by molar-refractivity contribution is 6.39. The maximum absolute atomic E-state index is 13.1. The molecule has 1 aliphatic rings. The number of amides is 4. The molecule has 0 bridgehead atoms. The highest BCUT2D eigenvalue weighted by Gasteiger charge is 2.36. The molecule has 0 unspecified atom stereocenters. The quantitative estimate of drug-likeness (QED) is 0.481. The Morgan fingerprint density at radius 2 is 1.82 bits per heavy atom. The summed E-state index contributed by atoms with van der Waals surface area (Å²) in [6.07, 6.45) is 2.26. The van der Waals surface area contributed by atoms with Crippen LogP contribution in [0.3, 0.4) is 0 Å². The van der Waals surface area contributed by atoms with Crippen molar-refractivity contribution >= 4 is 35.6 Å². The zero-order valence-corrected chi connectivity index (χ0v) is 18.4. The Bertz CT molecular complexity index is 1120. The maximum Gasteiger partial charge on any atom is 0.335 e. The number of imide groups is 2. The summed E-state index contributed by atoms with van der Waals surface area (Å²) in [5.41, 5.74) is 1.58. The molecule has 0 spiro atoms. The van der Waals surface area contributed by atoms with Gasteiger partial charge >= 0.3 is 6.03 Å². The van der Waals surface area contributed by atoms with E-state index < -0.39 is 30.4 Å². The van der Waals surface area contributed by atoms with E-state index in [0.717, 1.165) is 16.9 Å². The summed E-state index contributed by atoms with van der Waals surface area (Å²) in [6, 6.07) is 10.6. The van der Waals surface area contributed by atoms with Crippen LogP contribution in [0.25, 0.3) is 6.08 Å². The molecule has 1 N–H and O–H groups in total. The van der Waals surface area contributed by atoms with E-state index in [1.165, 1.54) is 31.4 Å². The first kappa shape index (κ1) is 23.5. The Hall–Kier alpha value is -4.14. The zero-order valence-electron chi connectivity index (χ0n) is 18.4. The van der Waals surface area contributed by atoms with Crippen molar-refractivity contribution < 1.29 is 33.8 Å². The Balaban J connectivity index is 1.91. The minimum atomic E-state index is -1.39. The van der Waals surface area contributed by atoms with Crippen LogP contribution < -0.4 is 24.8 Å². The number of barbiturate groups is 1. The number of nitrogens with one attached hydrogen (secondary N) is 1. The molecule has 0 aliphatic carbocycles. The average Bonchev–Trinajstić information content (AvgIpc) is 2.80. The number of hydrogen-bond acceptors (Lipinski definition) is 7. The van der Waals surface area contributed by atoms with Gasteiger partial charge in [0.25, 0.3) is 11.8 Å². The lowest BCUT2D eigenvalue weighted by molar-refractivity contribution is -0.307. The van der Waals surface area contributed by atoms with E-state index in [1.807, 2.05) is 12.1 Å². The fraction of sp³-hybridized carbons (Fsp3) is 0.250. The van der Waals surface area contributed by atoms with Gasteiger partial charge in [0.2, 0.25) is 0 Å². The minimum absolute atomic E-state index is 0.154. The van der Waals surface area contributed by atoms with Crippen molar-refractivity contribution in [3.63, 3.8) is 0 Å². The second-order valence-corrected chi connectivity index (χ2v) is 7.43. The number of urea groups is 1.